The van der Waals surface area contributed by atoms with Gasteiger partial charge in [0.2, 0.25) is 0 Å². The highest BCUT2D eigenvalue weighted by atomic mass is 79.9. The first-order chi connectivity index (χ1) is 6.42. The van der Waals surface area contributed by atoms with Crippen LogP contribution in [0.5, 0.6) is 0 Å². The van der Waals surface area contributed by atoms with Crippen LogP contribution in [0.15, 0.2) is 21.5 Å². The van der Waals surface area contributed by atoms with Gasteiger partial charge in [-0.25, -0.2) is 18.1 Å². The van der Waals surface area contributed by atoms with E-state index in [0.29, 0.717) is 4.48 Å². The van der Waals surface area contributed by atoms with Crippen LogP contribution in [0, 0.1) is 6.92 Å². The van der Waals surface area contributed by atoms with Crippen molar-refractivity contribution in [3.8, 4) is 0 Å². The molecule has 0 radical (unpaired) electrons. The van der Waals surface area contributed by atoms with Crippen molar-refractivity contribution >= 4 is 37.3 Å². The van der Waals surface area contributed by atoms with Gasteiger partial charge >= 0.3 is 0 Å². The highest BCUT2D eigenvalue weighted by Gasteiger charge is 2.16. The van der Waals surface area contributed by atoms with Crippen molar-refractivity contribution in [1.29, 1.82) is 0 Å². The minimum absolute atomic E-state index is 0.180. The maximum Gasteiger partial charge on any atom is 0.251 e. The highest BCUT2D eigenvalue weighted by Crippen LogP contribution is 2.17. The zero-order chi connectivity index (χ0) is 10.8. The lowest BCUT2D eigenvalue weighted by molar-refractivity contribution is 0.587. The molecule has 0 amide bonds. The molecule has 14 heavy (non-hydrogen) atoms. The summed E-state index contributed by atoms with van der Waals surface area (Å²) >= 11 is 4.21. The second-order valence-corrected chi connectivity index (χ2v) is 6.89. The molecule has 1 rings (SSSR count). The Balaban J connectivity index is 2.81. The number of nitrogens with zero attached hydrogens (tertiary/aromatic N) is 1. The maximum atomic E-state index is 11.5. The van der Waals surface area contributed by atoms with Gasteiger partial charge in [0.1, 0.15) is 0 Å². The molecular weight excluding hydrogens is 288 g/mol. The van der Waals surface area contributed by atoms with Crippen LogP contribution in [-0.2, 0) is 10.0 Å². The van der Waals surface area contributed by atoms with Crippen molar-refractivity contribution in [2.24, 2.45) is 0 Å². The third-order valence-corrected chi connectivity index (χ3v) is 4.37. The van der Waals surface area contributed by atoms with Gasteiger partial charge in [-0.05, 0) is 6.92 Å². The molecule has 1 N–H and O–H groups in total. The number of aromatic nitrogens is 1. The monoisotopic (exact) mass is 296 g/mol. The molecule has 1 aromatic heterocycles. The summed E-state index contributed by atoms with van der Waals surface area (Å²) in [5.74, 6) is 0. The smallest absolute Gasteiger partial charge is 0.249 e. The summed E-state index contributed by atoms with van der Waals surface area (Å²) in [6.45, 7) is 5.47. The fourth-order valence-electron chi connectivity index (χ4n) is 0.711. The molecule has 0 bridgehead atoms. The largest absolute Gasteiger partial charge is 0.251 e. The highest BCUT2D eigenvalue weighted by molar-refractivity contribution is 9.11. The quantitative estimate of drug-likeness (QED) is 0.919. The van der Waals surface area contributed by atoms with Crippen molar-refractivity contribution in [2.45, 2.75) is 11.1 Å². The van der Waals surface area contributed by atoms with Gasteiger partial charge < -0.3 is 0 Å². The van der Waals surface area contributed by atoms with Crippen molar-refractivity contribution in [2.75, 3.05) is 6.54 Å². The Bertz CT molecular complexity index is 438. The first kappa shape index (κ1) is 11.8. The number of hydrogen-bond acceptors (Lipinski definition) is 4. The average molecular weight is 297 g/mol. The first-order valence-corrected chi connectivity index (χ1v) is 6.76. The summed E-state index contributed by atoms with van der Waals surface area (Å²) in [4.78, 5) is 3.88. The molecule has 4 nitrogen and oxygen atoms in total. The molecule has 0 aliphatic heterocycles. The summed E-state index contributed by atoms with van der Waals surface area (Å²) in [5.41, 5.74) is 0. The Kier molecular flexibility index (Phi) is 3.82. The molecule has 1 aromatic rings. The van der Waals surface area contributed by atoms with Crippen LogP contribution in [0.25, 0.3) is 0 Å². The first-order valence-electron chi connectivity index (χ1n) is 3.67. The molecule has 7 heteroatoms. The van der Waals surface area contributed by atoms with Crippen molar-refractivity contribution in [1.82, 2.24) is 9.71 Å². The normalized spacial score (nSPS) is 11.6. The zero-order valence-corrected chi connectivity index (χ0v) is 10.7. The minimum Gasteiger partial charge on any atom is -0.249 e. The van der Waals surface area contributed by atoms with Gasteiger partial charge in [0, 0.05) is 11.0 Å². The molecule has 0 fully saturated rings. The van der Waals surface area contributed by atoms with Crippen LogP contribution in [0.1, 0.15) is 5.01 Å². The third-order valence-electron chi connectivity index (χ3n) is 1.32. The van der Waals surface area contributed by atoms with Gasteiger partial charge in [-0.3, -0.25) is 0 Å². The van der Waals surface area contributed by atoms with Crippen LogP contribution in [-0.4, -0.2) is 19.9 Å². The number of sulfonamides is 1. The topological polar surface area (TPSA) is 59.1 Å². The molecule has 0 aromatic carbocycles. The lowest BCUT2D eigenvalue weighted by Gasteiger charge is -2.01. The van der Waals surface area contributed by atoms with Gasteiger partial charge in [-0.15, -0.1) is 11.3 Å². The third kappa shape index (κ3) is 3.16. The fourth-order valence-corrected chi connectivity index (χ4v) is 3.21. The Morgan fingerprint density at radius 2 is 2.43 bits per heavy atom. The van der Waals surface area contributed by atoms with E-state index in [0.717, 1.165) is 16.3 Å². The van der Waals surface area contributed by atoms with Crippen molar-refractivity contribution in [3.05, 3.63) is 22.3 Å². The molecule has 0 saturated heterocycles. The molecule has 0 saturated carbocycles. The van der Waals surface area contributed by atoms with E-state index in [1.807, 2.05) is 0 Å². The lowest BCUT2D eigenvalue weighted by atomic mass is 10.7. The standard InChI is InChI=1S/C7H9BrN2O2S2/c1-5(8)3-10-14(11,12)7-4-9-6(2)13-7/h4,10H,1,3H2,2H3. The second kappa shape index (κ2) is 4.52. The number of thiazole rings is 1. The Hall–Kier alpha value is -0.240. The van der Waals surface area contributed by atoms with Crippen LogP contribution in [0.3, 0.4) is 0 Å². The molecule has 0 aliphatic rings. The van der Waals surface area contributed by atoms with E-state index in [-0.39, 0.29) is 10.8 Å². The molecule has 1 heterocycles. The second-order valence-electron chi connectivity index (χ2n) is 2.54. The number of aryl methyl sites for hydroxylation is 1. The summed E-state index contributed by atoms with van der Waals surface area (Å²) in [6.07, 6.45) is 1.35. The maximum absolute atomic E-state index is 11.5. The number of nitrogens with one attached hydrogen (secondary N) is 1. The Labute approximate surface area is 95.2 Å². The van der Waals surface area contributed by atoms with Crippen LogP contribution in [0.4, 0.5) is 0 Å². The van der Waals surface area contributed by atoms with Crippen LogP contribution >= 0.6 is 27.3 Å². The zero-order valence-electron chi connectivity index (χ0n) is 7.45. The van der Waals surface area contributed by atoms with E-state index >= 15 is 0 Å². The Morgan fingerprint density at radius 1 is 1.79 bits per heavy atom. The molecular formula is C7H9BrN2O2S2. The van der Waals surface area contributed by atoms with Gasteiger partial charge in [0.25, 0.3) is 10.0 Å². The fraction of sp³-hybridized carbons (Fsp3) is 0.286. The van der Waals surface area contributed by atoms with E-state index in [1.54, 1.807) is 6.92 Å². The molecule has 0 unspecified atom stereocenters. The molecule has 78 valence electrons. The van der Waals surface area contributed by atoms with Crippen LogP contribution < -0.4 is 4.72 Å². The predicted octanol–water partition coefficient (Wildman–Crippen LogP) is 1.64. The van der Waals surface area contributed by atoms with Crippen molar-refractivity contribution < 1.29 is 8.42 Å². The minimum atomic E-state index is -3.42. The summed E-state index contributed by atoms with van der Waals surface area (Å²) in [6, 6.07) is 0. The average Bonchev–Trinajstić information content (AvgIpc) is 2.49. The summed E-state index contributed by atoms with van der Waals surface area (Å²) in [7, 11) is -3.42. The molecule has 0 aliphatic carbocycles. The molecule has 0 spiro atoms. The van der Waals surface area contributed by atoms with Gasteiger partial charge in [0.05, 0.1) is 11.2 Å². The van der Waals surface area contributed by atoms with E-state index in [1.165, 1.54) is 6.20 Å². The SMILES string of the molecule is C=C(Br)CNS(=O)(=O)c1cnc(C)s1. The predicted molar refractivity (Wildman–Crippen MR) is 60.1 cm³/mol. The van der Waals surface area contributed by atoms with E-state index < -0.39 is 10.0 Å². The lowest BCUT2D eigenvalue weighted by Crippen LogP contribution is -2.23. The summed E-state index contributed by atoms with van der Waals surface area (Å²) in [5, 5.41) is 0.725. The van der Waals surface area contributed by atoms with Gasteiger partial charge in [0.15, 0.2) is 4.21 Å². The van der Waals surface area contributed by atoms with E-state index in [2.05, 4.69) is 32.2 Å². The van der Waals surface area contributed by atoms with Gasteiger partial charge in [-0.2, -0.15) is 0 Å². The van der Waals surface area contributed by atoms with E-state index in [4.69, 9.17) is 0 Å². The van der Waals surface area contributed by atoms with Gasteiger partial charge in [-0.1, -0.05) is 22.5 Å². The number of halogens is 1. The molecule has 0 atom stereocenters. The number of hydrogen-bond donors (Lipinski definition) is 1. The summed E-state index contributed by atoms with van der Waals surface area (Å²) < 4.78 is 26.3. The van der Waals surface area contributed by atoms with Crippen molar-refractivity contribution in [3.63, 3.8) is 0 Å². The van der Waals surface area contributed by atoms with E-state index in [9.17, 15) is 8.42 Å². The number of rotatable bonds is 4. The Morgan fingerprint density at radius 3 is 2.86 bits per heavy atom. The van der Waals surface area contributed by atoms with Crippen LogP contribution in [0.2, 0.25) is 0 Å².